The monoisotopic (exact) mass is 207 g/mol. The van der Waals surface area contributed by atoms with E-state index in [9.17, 15) is 4.79 Å². The number of aromatic nitrogens is 3. The molecule has 0 aromatic carbocycles. The molecule has 0 saturated heterocycles. The molecule has 1 atom stereocenters. The largest absolute Gasteiger partial charge is 0.299 e. The van der Waals surface area contributed by atoms with Crippen molar-refractivity contribution in [3.8, 4) is 0 Å². The minimum Gasteiger partial charge on any atom is -0.299 e. The molecule has 0 aliphatic rings. The topological polar surface area (TPSA) is 55.7 Å². The van der Waals surface area contributed by atoms with Crippen LogP contribution in [0.3, 0.4) is 0 Å². The van der Waals surface area contributed by atoms with Gasteiger partial charge in [-0.15, -0.1) is 0 Å². The Balaban J connectivity index is 3.11. The molecule has 1 aromatic rings. The summed E-state index contributed by atoms with van der Waals surface area (Å²) in [6.45, 7) is 7.39. The van der Waals surface area contributed by atoms with Crippen molar-refractivity contribution in [3.63, 3.8) is 0 Å². The van der Waals surface area contributed by atoms with E-state index in [1.807, 2.05) is 20.8 Å². The lowest BCUT2D eigenvalue weighted by Gasteiger charge is -2.08. The van der Waals surface area contributed by atoms with Crippen LogP contribution in [0, 0.1) is 0 Å². The molecule has 1 heterocycles. The summed E-state index contributed by atoms with van der Waals surface area (Å²) in [7, 11) is 0. The van der Waals surface area contributed by atoms with Gasteiger partial charge in [0.15, 0.2) is 0 Å². The van der Waals surface area contributed by atoms with Crippen molar-refractivity contribution in [2.24, 2.45) is 0 Å². The van der Waals surface area contributed by atoms with Crippen LogP contribution in [0.15, 0.2) is 0 Å². The maximum absolute atomic E-state index is 11.2. The molecular weight excluding hydrogens is 190 g/mol. The second kappa shape index (κ2) is 4.96. The Morgan fingerprint density at radius 1 is 1.13 bits per heavy atom. The van der Waals surface area contributed by atoms with Gasteiger partial charge in [0.25, 0.3) is 0 Å². The number of carbonyl (C=O) groups is 1. The van der Waals surface area contributed by atoms with Crippen LogP contribution in [0.25, 0.3) is 0 Å². The highest BCUT2D eigenvalue weighted by Crippen LogP contribution is 2.12. The van der Waals surface area contributed by atoms with Gasteiger partial charge in [-0.05, 0) is 13.8 Å². The summed E-state index contributed by atoms with van der Waals surface area (Å²) in [5.74, 6) is 2.00. The molecule has 0 radical (unpaired) electrons. The predicted octanol–water partition coefficient (Wildman–Crippen LogP) is 1.69. The van der Waals surface area contributed by atoms with E-state index >= 15 is 0 Å². The van der Waals surface area contributed by atoms with Crippen molar-refractivity contribution in [2.75, 3.05) is 0 Å². The Hall–Kier alpha value is -1.32. The Bertz CT molecular complexity index is 341. The van der Waals surface area contributed by atoms with Crippen LogP contribution in [0.4, 0.5) is 0 Å². The fraction of sp³-hybridized carbons (Fsp3) is 0.636. The van der Waals surface area contributed by atoms with Gasteiger partial charge in [-0.3, -0.25) is 4.79 Å². The molecule has 0 saturated carbocycles. The molecule has 0 bridgehead atoms. The molecular formula is C11H17N3O. The quantitative estimate of drug-likeness (QED) is 0.754. The lowest BCUT2D eigenvalue weighted by Crippen LogP contribution is -2.13. The fourth-order valence-corrected chi connectivity index (χ4v) is 1.18. The van der Waals surface area contributed by atoms with Crippen molar-refractivity contribution < 1.29 is 4.79 Å². The van der Waals surface area contributed by atoms with Crippen molar-refractivity contribution >= 4 is 5.78 Å². The number of nitrogens with zero attached hydrogens (tertiary/aromatic N) is 3. The van der Waals surface area contributed by atoms with Crippen LogP contribution in [0.5, 0.6) is 0 Å². The summed E-state index contributed by atoms with van der Waals surface area (Å²) in [5, 5.41) is 0. The van der Waals surface area contributed by atoms with Crippen molar-refractivity contribution in [1.29, 1.82) is 0 Å². The smallest absolute Gasteiger partial charge is 0.142 e. The van der Waals surface area contributed by atoms with E-state index in [4.69, 9.17) is 0 Å². The lowest BCUT2D eigenvalue weighted by atomic mass is 10.1. The van der Waals surface area contributed by atoms with E-state index in [-0.39, 0.29) is 11.7 Å². The molecule has 0 N–H and O–H groups in total. The summed E-state index contributed by atoms with van der Waals surface area (Å²) >= 11 is 0. The first-order valence-corrected chi connectivity index (χ1v) is 5.32. The minimum atomic E-state index is -0.233. The second-order valence-electron chi connectivity index (χ2n) is 3.57. The number of rotatable bonds is 4. The van der Waals surface area contributed by atoms with E-state index < -0.39 is 0 Å². The third-order valence-corrected chi connectivity index (χ3v) is 2.37. The summed E-state index contributed by atoms with van der Waals surface area (Å²) in [5.41, 5.74) is 0. The Labute approximate surface area is 90.2 Å². The van der Waals surface area contributed by atoms with Crippen LogP contribution < -0.4 is 0 Å². The van der Waals surface area contributed by atoms with E-state index in [0.717, 1.165) is 24.5 Å². The van der Waals surface area contributed by atoms with Gasteiger partial charge in [-0.1, -0.05) is 13.8 Å². The van der Waals surface area contributed by atoms with Crippen molar-refractivity contribution in [3.05, 3.63) is 17.5 Å². The number of hydrogen-bond acceptors (Lipinski definition) is 4. The van der Waals surface area contributed by atoms with Crippen molar-refractivity contribution in [1.82, 2.24) is 15.0 Å². The average molecular weight is 207 g/mol. The molecule has 4 heteroatoms. The molecule has 0 aliphatic carbocycles. The van der Waals surface area contributed by atoms with E-state index in [2.05, 4.69) is 15.0 Å². The van der Waals surface area contributed by atoms with Gasteiger partial charge in [0.05, 0.1) is 5.92 Å². The van der Waals surface area contributed by atoms with E-state index in [0.29, 0.717) is 5.82 Å². The van der Waals surface area contributed by atoms with Crippen LogP contribution in [0.1, 0.15) is 51.1 Å². The highest BCUT2D eigenvalue weighted by molar-refractivity contribution is 5.81. The minimum absolute atomic E-state index is 0.0882. The Morgan fingerprint density at radius 2 is 1.60 bits per heavy atom. The lowest BCUT2D eigenvalue weighted by molar-refractivity contribution is -0.118. The molecule has 0 spiro atoms. The first-order valence-electron chi connectivity index (χ1n) is 5.32. The molecule has 15 heavy (non-hydrogen) atoms. The van der Waals surface area contributed by atoms with Crippen LogP contribution in [-0.4, -0.2) is 20.7 Å². The fourth-order valence-electron chi connectivity index (χ4n) is 1.18. The van der Waals surface area contributed by atoms with Crippen LogP contribution in [0.2, 0.25) is 0 Å². The van der Waals surface area contributed by atoms with Gasteiger partial charge < -0.3 is 0 Å². The van der Waals surface area contributed by atoms with Crippen LogP contribution in [-0.2, 0) is 17.6 Å². The number of aryl methyl sites for hydroxylation is 2. The highest BCUT2D eigenvalue weighted by atomic mass is 16.1. The van der Waals surface area contributed by atoms with Gasteiger partial charge in [0, 0.05) is 12.8 Å². The first-order chi connectivity index (χ1) is 7.08. The number of Topliss-reactive ketones (excluding diaryl/α,β-unsaturated/α-hetero) is 1. The number of ketones is 1. The molecule has 82 valence electrons. The summed E-state index contributed by atoms with van der Waals surface area (Å²) in [4.78, 5) is 24.1. The van der Waals surface area contributed by atoms with Gasteiger partial charge in [0.1, 0.15) is 23.3 Å². The normalized spacial score (nSPS) is 12.5. The SMILES string of the molecule is CCc1nc(CC)nc(C(C)C(C)=O)n1. The molecule has 1 rings (SSSR count). The first kappa shape index (κ1) is 11.8. The number of carbonyl (C=O) groups excluding carboxylic acids is 1. The highest BCUT2D eigenvalue weighted by Gasteiger charge is 2.15. The zero-order chi connectivity index (χ0) is 11.4. The molecule has 4 nitrogen and oxygen atoms in total. The Kier molecular flexibility index (Phi) is 3.88. The summed E-state index contributed by atoms with van der Waals surface area (Å²) in [6.07, 6.45) is 1.54. The number of hydrogen-bond donors (Lipinski definition) is 0. The summed E-state index contributed by atoms with van der Waals surface area (Å²) < 4.78 is 0. The average Bonchev–Trinajstić information content (AvgIpc) is 2.27. The standard InChI is InChI=1S/C11H17N3O/c1-5-9-12-10(6-2)14-11(13-9)7(3)8(4)15/h7H,5-6H2,1-4H3. The maximum atomic E-state index is 11.2. The molecule has 0 aliphatic heterocycles. The molecule has 0 fully saturated rings. The van der Waals surface area contributed by atoms with Crippen LogP contribution >= 0.6 is 0 Å². The van der Waals surface area contributed by atoms with Gasteiger partial charge in [0.2, 0.25) is 0 Å². The Morgan fingerprint density at radius 3 is 1.93 bits per heavy atom. The molecule has 1 aromatic heterocycles. The van der Waals surface area contributed by atoms with Crippen molar-refractivity contribution in [2.45, 2.75) is 46.5 Å². The summed E-state index contributed by atoms with van der Waals surface area (Å²) in [6, 6.07) is 0. The predicted molar refractivity (Wildman–Crippen MR) is 57.7 cm³/mol. The zero-order valence-corrected chi connectivity index (χ0v) is 9.74. The van der Waals surface area contributed by atoms with Gasteiger partial charge in [-0.2, -0.15) is 0 Å². The third kappa shape index (κ3) is 2.81. The third-order valence-electron chi connectivity index (χ3n) is 2.37. The molecule has 0 amide bonds. The second-order valence-corrected chi connectivity index (χ2v) is 3.57. The van der Waals surface area contributed by atoms with Gasteiger partial charge >= 0.3 is 0 Å². The molecule has 1 unspecified atom stereocenters. The van der Waals surface area contributed by atoms with E-state index in [1.165, 1.54) is 0 Å². The maximum Gasteiger partial charge on any atom is 0.142 e. The van der Waals surface area contributed by atoms with Gasteiger partial charge in [-0.25, -0.2) is 15.0 Å². The zero-order valence-electron chi connectivity index (χ0n) is 9.74. The van der Waals surface area contributed by atoms with E-state index in [1.54, 1.807) is 6.92 Å².